The normalized spacial score (nSPS) is 10.2. The van der Waals surface area contributed by atoms with Gasteiger partial charge in [-0.3, -0.25) is 15.0 Å². The van der Waals surface area contributed by atoms with E-state index in [2.05, 4.69) is 10.2 Å². The van der Waals surface area contributed by atoms with Crippen molar-refractivity contribution in [2.45, 2.75) is 0 Å². The van der Waals surface area contributed by atoms with Crippen molar-refractivity contribution in [3.8, 4) is 11.3 Å². The van der Waals surface area contributed by atoms with Gasteiger partial charge in [-0.25, -0.2) is 0 Å². The number of aromatic nitrogens is 2. The summed E-state index contributed by atoms with van der Waals surface area (Å²) in [5.74, 6) is 0. The molecule has 0 atom stereocenters. The molecule has 0 aliphatic rings. The molecule has 0 saturated heterocycles. The number of hydrogen-bond acceptors (Lipinski definition) is 2. The average Bonchev–Trinajstić information content (AvgIpc) is 2.49. The van der Waals surface area contributed by atoms with Crippen LogP contribution >= 0.6 is 0 Å². The van der Waals surface area contributed by atoms with Crippen LogP contribution in [-0.4, -0.2) is 10.2 Å². The van der Waals surface area contributed by atoms with E-state index >= 15 is 0 Å². The lowest BCUT2D eigenvalue weighted by molar-refractivity contribution is 1.06. The fraction of sp³-hybridized carbons (Fsp3) is 0. The first kappa shape index (κ1) is 7.67. The van der Waals surface area contributed by atoms with Gasteiger partial charge in [0, 0.05) is 5.56 Å². The minimum Gasteiger partial charge on any atom is -0.392 e. The predicted octanol–water partition coefficient (Wildman–Crippen LogP) is 0.952. The Balaban J connectivity index is 2.60. The molecule has 1 heterocycles. The van der Waals surface area contributed by atoms with Gasteiger partial charge in [0.25, 0.3) is 5.56 Å². The first-order chi connectivity index (χ1) is 6.29. The second-order valence-corrected chi connectivity index (χ2v) is 2.73. The molecule has 1 aromatic carbocycles. The highest BCUT2D eigenvalue weighted by Gasteiger charge is 2.06. The molecule has 0 unspecified atom stereocenters. The summed E-state index contributed by atoms with van der Waals surface area (Å²) < 4.78 is 0. The Hall–Kier alpha value is -1.97. The lowest BCUT2D eigenvalue weighted by Gasteiger charge is -1.96. The molecule has 4 nitrogen and oxygen atoms in total. The zero-order chi connectivity index (χ0) is 9.26. The van der Waals surface area contributed by atoms with E-state index < -0.39 is 0 Å². The van der Waals surface area contributed by atoms with Gasteiger partial charge in [-0.1, -0.05) is 30.3 Å². The predicted molar refractivity (Wildman–Crippen MR) is 51.3 cm³/mol. The van der Waals surface area contributed by atoms with Gasteiger partial charge in [0.05, 0.1) is 5.69 Å². The third-order valence-electron chi connectivity index (χ3n) is 1.88. The summed E-state index contributed by atoms with van der Waals surface area (Å²) in [5, 5.41) is 5.16. The first-order valence-corrected chi connectivity index (χ1v) is 3.90. The van der Waals surface area contributed by atoms with Crippen LogP contribution in [0.2, 0.25) is 0 Å². The average molecular weight is 175 g/mol. The van der Waals surface area contributed by atoms with Crippen LogP contribution < -0.4 is 11.3 Å². The van der Waals surface area contributed by atoms with Crippen LogP contribution in [-0.2, 0) is 0 Å². The molecule has 2 rings (SSSR count). The zero-order valence-corrected chi connectivity index (χ0v) is 6.87. The number of nitrogens with one attached hydrogen (secondary N) is 2. The van der Waals surface area contributed by atoms with Crippen LogP contribution in [0.1, 0.15) is 0 Å². The second-order valence-electron chi connectivity index (χ2n) is 2.73. The van der Waals surface area contributed by atoms with Crippen molar-refractivity contribution in [1.29, 1.82) is 0 Å². The molecule has 1 aromatic heterocycles. The molecule has 0 fully saturated rings. The highest BCUT2D eigenvalue weighted by atomic mass is 16.1. The van der Waals surface area contributed by atoms with Gasteiger partial charge in [0.1, 0.15) is 5.69 Å². The highest BCUT2D eigenvalue weighted by molar-refractivity contribution is 5.71. The Morgan fingerprint density at radius 3 is 2.31 bits per heavy atom. The maximum absolute atomic E-state index is 11.0. The van der Waals surface area contributed by atoms with Crippen molar-refractivity contribution in [2.24, 2.45) is 0 Å². The molecule has 0 bridgehead atoms. The molecule has 0 spiro atoms. The molecule has 66 valence electrons. The SMILES string of the molecule is Nc1c(-c2ccccc2)[nH][nH]c1=O. The van der Waals surface area contributed by atoms with Crippen LogP contribution in [0.5, 0.6) is 0 Å². The Kier molecular flexibility index (Phi) is 1.66. The van der Waals surface area contributed by atoms with Crippen molar-refractivity contribution in [3.63, 3.8) is 0 Å². The van der Waals surface area contributed by atoms with Gasteiger partial charge in [0.2, 0.25) is 0 Å². The molecular formula is C9H9N3O. The maximum atomic E-state index is 11.0. The van der Waals surface area contributed by atoms with E-state index in [0.717, 1.165) is 5.56 Å². The Labute approximate surface area is 74.4 Å². The number of H-pyrrole nitrogens is 2. The zero-order valence-electron chi connectivity index (χ0n) is 6.87. The van der Waals surface area contributed by atoms with Crippen LogP contribution in [0.25, 0.3) is 11.3 Å². The molecular weight excluding hydrogens is 166 g/mol. The molecule has 2 aromatic rings. The van der Waals surface area contributed by atoms with E-state index in [1.807, 2.05) is 30.3 Å². The number of nitrogens with two attached hydrogens (primary N) is 1. The highest BCUT2D eigenvalue weighted by Crippen LogP contribution is 2.18. The fourth-order valence-electron chi connectivity index (χ4n) is 1.20. The lowest BCUT2D eigenvalue weighted by Crippen LogP contribution is -2.04. The molecule has 0 aliphatic heterocycles. The van der Waals surface area contributed by atoms with Gasteiger partial charge in [-0.05, 0) is 0 Å². The molecule has 4 N–H and O–H groups in total. The molecule has 4 heteroatoms. The molecule has 0 amide bonds. The van der Waals surface area contributed by atoms with Gasteiger partial charge < -0.3 is 5.73 Å². The minimum absolute atomic E-state index is 0.228. The summed E-state index contributed by atoms with van der Waals surface area (Å²) in [6.45, 7) is 0. The summed E-state index contributed by atoms with van der Waals surface area (Å²) in [6, 6.07) is 9.45. The lowest BCUT2D eigenvalue weighted by atomic mass is 10.1. The van der Waals surface area contributed by atoms with E-state index in [1.165, 1.54) is 0 Å². The molecule has 13 heavy (non-hydrogen) atoms. The van der Waals surface area contributed by atoms with Crippen LogP contribution in [0, 0.1) is 0 Å². The molecule has 0 saturated carbocycles. The summed E-state index contributed by atoms with van der Waals surface area (Å²) >= 11 is 0. The topological polar surface area (TPSA) is 74.7 Å². The largest absolute Gasteiger partial charge is 0.392 e. The molecule has 0 radical (unpaired) electrons. The van der Waals surface area contributed by atoms with E-state index in [-0.39, 0.29) is 11.2 Å². The standard InChI is InChI=1S/C9H9N3O/c10-7-8(11-12-9(7)13)6-4-2-1-3-5-6/h1-5H,10H2,(H2,11,12,13). The molecule has 0 aliphatic carbocycles. The monoisotopic (exact) mass is 175 g/mol. The quantitative estimate of drug-likeness (QED) is 0.603. The number of nitrogen functional groups attached to an aromatic ring is 1. The number of aromatic amines is 2. The third-order valence-corrected chi connectivity index (χ3v) is 1.88. The second kappa shape index (κ2) is 2.82. The number of rotatable bonds is 1. The maximum Gasteiger partial charge on any atom is 0.287 e. The summed E-state index contributed by atoms with van der Waals surface area (Å²) in [4.78, 5) is 11.0. The number of benzene rings is 1. The van der Waals surface area contributed by atoms with Crippen LogP contribution in [0.3, 0.4) is 0 Å². The summed E-state index contributed by atoms with van der Waals surface area (Å²) in [7, 11) is 0. The van der Waals surface area contributed by atoms with Crippen molar-refractivity contribution in [3.05, 3.63) is 40.7 Å². The Morgan fingerprint density at radius 1 is 1.08 bits per heavy atom. The van der Waals surface area contributed by atoms with E-state index in [9.17, 15) is 4.79 Å². The van der Waals surface area contributed by atoms with Gasteiger partial charge in [-0.15, -0.1) is 0 Å². The van der Waals surface area contributed by atoms with Gasteiger partial charge in [0.15, 0.2) is 0 Å². The van der Waals surface area contributed by atoms with E-state index in [1.54, 1.807) is 0 Å². The van der Waals surface area contributed by atoms with E-state index in [4.69, 9.17) is 5.73 Å². The van der Waals surface area contributed by atoms with Crippen LogP contribution in [0.15, 0.2) is 35.1 Å². The number of anilines is 1. The van der Waals surface area contributed by atoms with Gasteiger partial charge in [-0.2, -0.15) is 0 Å². The Morgan fingerprint density at radius 2 is 1.77 bits per heavy atom. The van der Waals surface area contributed by atoms with Crippen molar-refractivity contribution >= 4 is 5.69 Å². The number of hydrogen-bond donors (Lipinski definition) is 3. The minimum atomic E-state index is -0.279. The van der Waals surface area contributed by atoms with Gasteiger partial charge >= 0.3 is 0 Å². The van der Waals surface area contributed by atoms with E-state index in [0.29, 0.717) is 5.69 Å². The van der Waals surface area contributed by atoms with Crippen LogP contribution in [0.4, 0.5) is 5.69 Å². The third kappa shape index (κ3) is 1.22. The Bertz CT molecular complexity index is 455. The fourth-order valence-corrected chi connectivity index (χ4v) is 1.20. The summed E-state index contributed by atoms with van der Waals surface area (Å²) in [6.07, 6.45) is 0. The van der Waals surface area contributed by atoms with Crippen molar-refractivity contribution in [1.82, 2.24) is 10.2 Å². The van der Waals surface area contributed by atoms with Crippen molar-refractivity contribution in [2.75, 3.05) is 5.73 Å². The summed E-state index contributed by atoms with van der Waals surface area (Å²) in [5.41, 5.74) is 7.05. The first-order valence-electron chi connectivity index (χ1n) is 3.90. The van der Waals surface area contributed by atoms with Crippen molar-refractivity contribution < 1.29 is 0 Å². The smallest absolute Gasteiger partial charge is 0.287 e.